The van der Waals surface area contributed by atoms with E-state index < -0.39 is 0 Å². The van der Waals surface area contributed by atoms with E-state index in [2.05, 4.69) is 13.8 Å². The molecule has 0 spiro atoms. The predicted molar refractivity (Wildman–Crippen MR) is 71.9 cm³/mol. The molecule has 0 bridgehead atoms. The van der Waals surface area contributed by atoms with Crippen LogP contribution in [0.4, 0.5) is 0 Å². The van der Waals surface area contributed by atoms with E-state index in [1.165, 1.54) is 5.56 Å². The molecule has 0 N–H and O–H groups in total. The second-order valence-electron chi connectivity index (χ2n) is 4.48. The van der Waals surface area contributed by atoms with Gasteiger partial charge in [-0.05, 0) is 35.7 Å². The molecule has 0 saturated carbocycles. The molecular weight excluding hydrogens is 224 g/mol. The van der Waals surface area contributed by atoms with E-state index in [1.54, 1.807) is 24.3 Å². The van der Waals surface area contributed by atoms with Gasteiger partial charge in [0.2, 0.25) is 0 Å². The van der Waals surface area contributed by atoms with Gasteiger partial charge in [-0.2, -0.15) is 0 Å². The Morgan fingerprint density at radius 2 is 1.56 bits per heavy atom. The SMILES string of the molecule is CC(C)c1ccc(C(=O)Oc2ccccc2)cc1. The average Bonchev–Trinajstić information content (AvgIpc) is 2.40. The number of carbonyl (C=O) groups is 1. The van der Waals surface area contributed by atoms with Crippen molar-refractivity contribution >= 4 is 5.97 Å². The smallest absolute Gasteiger partial charge is 0.343 e. The molecule has 2 nitrogen and oxygen atoms in total. The van der Waals surface area contributed by atoms with Crippen LogP contribution in [0, 0.1) is 0 Å². The number of ether oxygens (including phenoxy) is 1. The van der Waals surface area contributed by atoms with Gasteiger partial charge in [-0.1, -0.05) is 44.2 Å². The van der Waals surface area contributed by atoms with Crippen molar-refractivity contribution in [1.82, 2.24) is 0 Å². The minimum absolute atomic E-state index is 0.323. The quantitative estimate of drug-likeness (QED) is 0.598. The van der Waals surface area contributed by atoms with E-state index in [4.69, 9.17) is 4.74 Å². The molecule has 2 aromatic carbocycles. The Hall–Kier alpha value is -2.09. The van der Waals surface area contributed by atoms with Crippen LogP contribution < -0.4 is 4.74 Å². The molecule has 2 heteroatoms. The Balaban J connectivity index is 2.10. The molecule has 0 aliphatic rings. The van der Waals surface area contributed by atoms with E-state index >= 15 is 0 Å². The van der Waals surface area contributed by atoms with Crippen LogP contribution in [0.3, 0.4) is 0 Å². The molecule has 0 fully saturated rings. The standard InChI is InChI=1S/C16H16O2/c1-12(2)13-8-10-14(11-9-13)16(17)18-15-6-4-3-5-7-15/h3-12H,1-2H3. The van der Waals surface area contributed by atoms with Crippen molar-refractivity contribution in [3.63, 3.8) is 0 Å². The first-order chi connectivity index (χ1) is 8.66. The highest BCUT2D eigenvalue weighted by atomic mass is 16.5. The highest BCUT2D eigenvalue weighted by molar-refractivity contribution is 5.91. The third-order valence-corrected chi connectivity index (χ3v) is 2.77. The Morgan fingerprint density at radius 3 is 2.11 bits per heavy atom. The number of hydrogen-bond donors (Lipinski definition) is 0. The largest absolute Gasteiger partial charge is 0.423 e. The van der Waals surface area contributed by atoms with Crippen LogP contribution in [0.15, 0.2) is 54.6 Å². The van der Waals surface area contributed by atoms with Gasteiger partial charge in [-0.3, -0.25) is 0 Å². The molecule has 0 atom stereocenters. The van der Waals surface area contributed by atoms with Crippen LogP contribution in [0.5, 0.6) is 5.75 Å². The number of hydrogen-bond acceptors (Lipinski definition) is 2. The van der Waals surface area contributed by atoms with Crippen LogP contribution in [0.1, 0.15) is 35.7 Å². The zero-order valence-electron chi connectivity index (χ0n) is 10.6. The van der Waals surface area contributed by atoms with Gasteiger partial charge in [0, 0.05) is 0 Å². The zero-order valence-corrected chi connectivity index (χ0v) is 10.6. The molecule has 0 heterocycles. The average molecular weight is 240 g/mol. The molecule has 0 aliphatic carbocycles. The lowest BCUT2D eigenvalue weighted by Crippen LogP contribution is -2.08. The second-order valence-corrected chi connectivity index (χ2v) is 4.48. The van der Waals surface area contributed by atoms with E-state index in [0.29, 0.717) is 17.2 Å². The lowest BCUT2D eigenvalue weighted by Gasteiger charge is -2.07. The van der Waals surface area contributed by atoms with Crippen molar-refractivity contribution in [2.75, 3.05) is 0 Å². The maximum absolute atomic E-state index is 11.9. The molecule has 0 radical (unpaired) electrons. The number of para-hydroxylation sites is 1. The van der Waals surface area contributed by atoms with Crippen LogP contribution in [0.25, 0.3) is 0 Å². The normalized spacial score (nSPS) is 10.4. The molecule has 18 heavy (non-hydrogen) atoms. The van der Waals surface area contributed by atoms with E-state index in [1.807, 2.05) is 30.3 Å². The van der Waals surface area contributed by atoms with Crippen molar-refractivity contribution in [2.24, 2.45) is 0 Å². The summed E-state index contributed by atoms with van der Waals surface area (Å²) in [6.45, 7) is 4.24. The fourth-order valence-corrected chi connectivity index (χ4v) is 1.66. The van der Waals surface area contributed by atoms with Gasteiger partial charge in [0.25, 0.3) is 0 Å². The maximum atomic E-state index is 11.9. The Labute approximate surface area is 107 Å². The van der Waals surface area contributed by atoms with Gasteiger partial charge < -0.3 is 4.74 Å². The fraction of sp³-hybridized carbons (Fsp3) is 0.188. The first-order valence-corrected chi connectivity index (χ1v) is 6.04. The fourth-order valence-electron chi connectivity index (χ4n) is 1.66. The molecule has 0 saturated heterocycles. The first kappa shape index (κ1) is 12.4. The summed E-state index contributed by atoms with van der Waals surface area (Å²) in [7, 11) is 0. The highest BCUT2D eigenvalue weighted by Crippen LogP contribution is 2.16. The summed E-state index contributed by atoms with van der Waals surface area (Å²) in [6.07, 6.45) is 0. The van der Waals surface area contributed by atoms with Gasteiger partial charge in [0.1, 0.15) is 5.75 Å². The minimum atomic E-state index is -0.323. The summed E-state index contributed by atoms with van der Waals surface area (Å²) in [5.41, 5.74) is 1.79. The van der Waals surface area contributed by atoms with Crippen molar-refractivity contribution in [3.05, 3.63) is 65.7 Å². The summed E-state index contributed by atoms with van der Waals surface area (Å²) >= 11 is 0. The van der Waals surface area contributed by atoms with E-state index in [-0.39, 0.29) is 5.97 Å². The number of rotatable bonds is 3. The second kappa shape index (κ2) is 5.50. The van der Waals surface area contributed by atoms with Crippen molar-refractivity contribution < 1.29 is 9.53 Å². The number of carbonyl (C=O) groups excluding carboxylic acids is 1. The third kappa shape index (κ3) is 2.98. The van der Waals surface area contributed by atoms with Gasteiger partial charge in [-0.25, -0.2) is 4.79 Å². The summed E-state index contributed by atoms with van der Waals surface area (Å²) in [5, 5.41) is 0. The predicted octanol–water partition coefficient (Wildman–Crippen LogP) is 4.03. The topological polar surface area (TPSA) is 26.3 Å². The molecular formula is C16H16O2. The van der Waals surface area contributed by atoms with E-state index in [9.17, 15) is 4.79 Å². The van der Waals surface area contributed by atoms with Gasteiger partial charge >= 0.3 is 5.97 Å². The van der Waals surface area contributed by atoms with Crippen molar-refractivity contribution in [2.45, 2.75) is 19.8 Å². The third-order valence-electron chi connectivity index (χ3n) is 2.77. The van der Waals surface area contributed by atoms with Crippen LogP contribution >= 0.6 is 0 Å². The van der Waals surface area contributed by atoms with E-state index in [0.717, 1.165) is 0 Å². The molecule has 0 aromatic heterocycles. The van der Waals surface area contributed by atoms with Crippen molar-refractivity contribution in [1.29, 1.82) is 0 Å². The van der Waals surface area contributed by atoms with Gasteiger partial charge in [-0.15, -0.1) is 0 Å². The lowest BCUT2D eigenvalue weighted by molar-refractivity contribution is 0.0735. The number of esters is 1. The lowest BCUT2D eigenvalue weighted by atomic mass is 10.0. The van der Waals surface area contributed by atoms with Gasteiger partial charge in [0.15, 0.2) is 0 Å². The van der Waals surface area contributed by atoms with Crippen LogP contribution in [-0.2, 0) is 0 Å². The molecule has 0 amide bonds. The van der Waals surface area contributed by atoms with Crippen LogP contribution in [0.2, 0.25) is 0 Å². The maximum Gasteiger partial charge on any atom is 0.343 e. The summed E-state index contributed by atoms with van der Waals surface area (Å²) < 4.78 is 5.26. The van der Waals surface area contributed by atoms with Crippen molar-refractivity contribution in [3.8, 4) is 5.75 Å². The minimum Gasteiger partial charge on any atom is -0.423 e. The highest BCUT2D eigenvalue weighted by Gasteiger charge is 2.08. The molecule has 2 aromatic rings. The summed E-state index contributed by atoms with van der Waals surface area (Å²) in [5.74, 6) is 0.705. The zero-order chi connectivity index (χ0) is 13.0. The Kier molecular flexibility index (Phi) is 3.78. The first-order valence-electron chi connectivity index (χ1n) is 6.04. The van der Waals surface area contributed by atoms with Gasteiger partial charge in [0.05, 0.1) is 5.56 Å². The molecule has 2 rings (SSSR count). The molecule has 0 aliphatic heterocycles. The monoisotopic (exact) mass is 240 g/mol. The summed E-state index contributed by atoms with van der Waals surface area (Å²) in [4.78, 5) is 11.9. The molecule has 92 valence electrons. The van der Waals surface area contributed by atoms with Crippen LogP contribution in [-0.4, -0.2) is 5.97 Å². The molecule has 0 unspecified atom stereocenters. The Bertz CT molecular complexity index is 513. The Morgan fingerprint density at radius 1 is 0.944 bits per heavy atom. The number of benzene rings is 2. The summed E-state index contributed by atoms with van der Waals surface area (Å²) in [6, 6.07) is 16.6.